The number of hydrogen-bond acceptors (Lipinski definition) is 13. The molecule has 7 rings (SSSR count). The Morgan fingerprint density at radius 1 is 0.687 bits per heavy atom. The molecule has 0 radical (unpaired) electrons. The van der Waals surface area contributed by atoms with Crippen molar-refractivity contribution in [1.82, 2.24) is 20.6 Å². The zero-order valence-corrected chi connectivity index (χ0v) is 39.3. The second-order valence-electron chi connectivity index (χ2n) is 14.4. The van der Waals surface area contributed by atoms with Crippen molar-refractivity contribution in [3.05, 3.63) is 188 Å². The highest BCUT2D eigenvalue weighted by Crippen LogP contribution is 2.46. The predicted octanol–water partition coefficient (Wildman–Crippen LogP) is 7.35. The van der Waals surface area contributed by atoms with E-state index in [0.717, 1.165) is 29.4 Å². The summed E-state index contributed by atoms with van der Waals surface area (Å²) in [7, 11) is 6.81. The molecule has 6 aromatic rings. The quantitative estimate of drug-likeness (QED) is 0.0405. The van der Waals surface area contributed by atoms with E-state index in [1.807, 2.05) is 104 Å². The van der Waals surface area contributed by atoms with Gasteiger partial charge >= 0.3 is 0 Å². The third kappa shape index (κ3) is 12.3. The number of epoxide rings is 1. The molecule has 2 unspecified atom stereocenters. The number of halogens is 2. The number of nitrogens with zero attached hydrogens (tertiary/aromatic N) is 4. The van der Waals surface area contributed by atoms with Crippen LogP contribution in [0, 0.1) is 0 Å². The fourth-order valence-corrected chi connectivity index (χ4v) is 7.41. The van der Waals surface area contributed by atoms with E-state index in [1.54, 1.807) is 36.7 Å². The zero-order chi connectivity index (χ0) is 48.4. The highest BCUT2D eigenvalue weighted by Gasteiger charge is 2.48. The third-order valence-electron chi connectivity index (χ3n) is 10.5. The van der Waals surface area contributed by atoms with E-state index >= 15 is 0 Å². The lowest BCUT2D eigenvalue weighted by molar-refractivity contribution is -0.115. The number of ether oxygens (including phenoxy) is 3. The number of carbonyl (C=O) groups excluding carboxylic acids is 2. The van der Waals surface area contributed by atoms with Crippen LogP contribution in [-0.2, 0) is 48.4 Å². The number of likely N-dealkylation sites (N-methyl/N-ethyl adjacent to an activating group) is 2. The summed E-state index contributed by atoms with van der Waals surface area (Å²) < 4.78 is 17.5. The lowest BCUT2D eigenvalue weighted by Gasteiger charge is -2.28. The van der Waals surface area contributed by atoms with Gasteiger partial charge < -0.3 is 44.7 Å². The van der Waals surface area contributed by atoms with Crippen LogP contribution in [0.15, 0.2) is 144 Å². The van der Waals surface area contributed by atoms with Crippen LogP contribution in [0.5, 0.6) is 11.8 Å². The molecule has 3 heterocycles. The molecule has 15 nitrogen and oxygen atoms in total. The molecular formula is C50H52Cl2N6O9. The molecule has 350 valence electrons. The first kappa shape index (κ1) is 51.1. The smallest absolute Gasteiger partial charge is 0.273 e. The Morgan fingerprint density at radius 2 is 1.13 bits per heavy atom. The second kappa shape index (κ2) is 24.6. The topological polar surface area (TPSA) is 199 Å². The highest BCUT2D eigenvalue weighted by molar-refractivity contribution is 6.46. The maximum absolute atomic E-state index is 12.2. The molecule has 1 saturated heterocycles. The number of pyridine rings is 2. The van der Waals surface area contributed by atoms with Gasteiger partial charge in [0.1, 0.15) is 48.7 Å². The van der Waals surface area contributed by atoms with Crippen molar-refractivity contribution in [3.8, 4) is 11.8 Å². The van der Waals surface area contributed by atoms with Crippen molar-refractivity contribution in [2.24, 2.45) is 10.3 Å². The molecule has 0 saturated carbocycles. The Morgan fingerprint density at radius 3 is 1.57 bits per heavy atom. The summed E-state index contributed by atoms with van der Waals surface area (Å²) in [5, 5.41) is 31.8. The minimum Gasteiger partial charge on any atom is -0.472 e. The van der Waals surface area contributed by atoms with Gasteiger partial charge in [-0.1, -0.05) is 150 Å². The molecule has 2 aromatic heterocycles. The molecule has 67 heavy (non-hydrogen) atoms. The Bertz CT molecular complexity index is 2650. The van der Waals surface area contributed by atoms with Crippen molar-refractivity contribution in [3.63, 3.8) is 0 Å². The van der Waals surface area contributed by atoms with Gasteiger partial charge in [-0.15, -0.1) is 0 Å². The van der Waals surface area contributed by atoms with Crippen molar-refractivity contribution in [1.29, 1.82) is 0 Å². The van der Waals surface area contributed by atoms with E-state index < -0.39 is 11.2 Å². The number of hydrogen-bond donors (Lipinski definition) is 4. The van der Waals surface area contributed by atoms with E-state index in [2.05, 4.69) is 30.9 Å². The van der Waals surface area contributed by atoms with Gasteiger partial charge in [0.2, 0.25) is 11.8 Å². The fraction of sp³-hybridized carbons (Fsp3) is 0.240. The number of nitrogens with one attached hydrogen (secondary N) is 2. The van der Waals surface area contributed by atoms with Gasteiger partial charge in [0.15, 0.2) is 11.4 Å². The average Bonchev–Trinajstić information content (AvgIpc) is 4.20. The molecular weight excluding hydrogens is 899 g/mol. The minimum atomic E-state index is -1.22. The number of carbonyl (C=O) groups is 2. The third-order valence-corrected chi connectivity index (χ3v) is 11.1. The van der Waals surface area contributed by atoms with E-state index in [9.17, 15) is 14.7 Å². The van der Waals surface area contributed by atoms with E-state index in [4.69, 9.17) is 52.2 Å². The summed E-state index contributed by atoms with van der Waals surface area (Å²) in [5.74, 6) is -0.244. The number of aromatic nitrogens is 2. The van der Waals surface area contributed by atoms with Crippen LogP contribution in [0.2, 0.25) is 10.0 Å². The second-order valence-corrected chi connectivity index (χ2v) is 15.2. The number of aliphatic hydroxyl groups excluding tert-OH is 1. The molecule has 0 spiro atoms. The monoisotopic (exact) mass is 950 g/mol. The maximum Gasteiger partial charge on any atom is 0.273 e. The fourth-order valence-electron chi connectivity index (χ4n) is 6.97. The maximum atomic E-state index is 12.2. The van der Waals surface area contributed by atoms with Crippen LogP contribution in [0.3, 0.4) is 0 Å². The Labute approximate surface area is 399 Å². The molecule has 4 N–H and O–H groups in total. The Hall–Kier alpha value is -6.88. The first-order valence-corrected chi connectivity index (χ1v) is 21.6. The van der Waals surface area contributed by atoms with Crippen LogP contribution >= 0.6 is 23.2 Å². The van der Waals surface area contributed by atoms with Gasteiger partial charge in [-0.05, 0) is 40.8 Å². The van der Waals surface area contributed by atoms with E-state index in [-0.39, 0.29) is 47.4 Å². The van der Waals surface area contributed by atoms with Crippen LogP contribution in [0.4, 0.5) is 0 Å². The van der Waals surface area contributed by atoms with Gasteiger partial charge in [0.05, 0.1) is 6.61 Å². The van der Waals surface area contributed by atoms with Crippen molar-refractivity contribution in [2.75, 3.05) is 42.0 Å². The predicted molar refractivity (Wildman–Crippen MR) is 256 cm³/mol. The summed E-state index contributed by atoms with van der Waals surface area (Å²) in [5.41, 5.74) is 4.40. The van der Waals surface area contributed by atoms with E-state index in [0.29, 0.717) is 46.2 Å². The van der Waals surface area contributed by atoms with Crippen LogP contribution in [0.25, 0.3) is 0 Å². The van der Waals surface area contributed by atoms with Gasteiger partial charge in [0, 0.05) is 55.9 Å². The zero-order valence-electron chi connectivity index (χ0n) is 37.8. The SMILES string of the molecule is CCC(O)(c1ccccc1)c1cnc(OCc2ccccc2/C(=N\OC)C(=O)NC)c(Cl)c1.CNC(=O)/C(=N/OC)c1ccccc1COc1ncc(C2(c3ccccc3)CO2)cc1Cl.CO. The molecule has 1 aliphatic heterocycles. The highest BCUT2D eigenvalue weighted by atomic mass is 35.5. The van der Waals surface area contributed by atoms with Crippen LogP contribution in [0.1, 0.15) is 57.9 Å². The molecule has 1 aliphatic rings. The standard InChI is InChI=1S/C25H26ClN3O4.C24H22ClN3O4.CH4O/c1-4-25(31,18-11-6-5-7-12-18)19-14-21(26)24(28-15-19)33-16-17-10-8-9-13-20(17)22(29-32-3)23(30)27-2;1-26-22(29)21(28-30-2)19-11-7-6-8-16(19)14-31-23-20(25)12-18(13-27-23)24(15-32-24)17-9-4-3-5-10-17;1-2/h5-15,31H,4,16H2,1-3H3,(H,27,30);3-13H,14-15H2,1-2H3,(H,26,29);2H,1H3/b29-22+;28-21+;. The number of amides is 2. The summed E-state index contributed by atoms with van der Waals surface area (Å²) in [4.78, 5) is 42.9. The van der Waals surface area contributed by atoms with E-state index in [1.165, 1.54) is 28.3 Å². The summed E-state index contributed by atoms with van der Waals surface area (Å²) in [6.45, 7) is 2.71. The minimum absolute atomic E-state index is 0.0959. The first-order valence-electron chi connectivity index (χ1n) is 20.9. The van der Waals surface area contributed by atoms with Crippen LogP contribution in [-0.4, -0.2) is 85.5 Å². The molecule has 0 bridgehead atoms. The largest absolute Gasteiger partial charge is 0.472 e. The number of rotatable bonds is 17. The van der Waals surface area contributed by atoms with Gasteiger partial charge in [-0.2, -0.15) is 0 Å². The number of oxime groups is 2. The number of benzene rings is 4. The van der Waals surface area contributed by atoms with Gasteiger partial charge in [-0.3, -0.25) is 9.59 Å². The molecule has 2 amide bonds. The Balaban J connectivity index is 0.000000242. The van der Waals surface area contributed by atoms with Gasteiger partial charge in [-0.25, -0.2) is 9.97 Å². The molecule has 2 atom stereocenters. The number of aliphatic hydroxyl groups is 2. The molecule has 1 fully saturated rings. The van der Waals surface area contributed by atoms with Crippen molar-refractivity contribution < 1.29 is 43.7 Å². The first-order chi connectivity index (χ1) is 32.5. The summed E-state index contributed by atoms with van der Waals surface area (Å²) >= 11 is 13.0. The molecule has 0 aliphatic carbocycles. The lowest BCUT2D eigenvalue weighted by Crippen LogP contribution is -2.29. The lowest BCUT2D eigenvalue weighted by atomic mass is 9.85. The Kier molecular flexibility index (Phi) is 18.8. The molecule has 4 aromatic carbocycles. The summed E-state index contributed by atoms with van der Waals surface area (Å²) in [6, 6.07) is 37.3. The molecule has 17 heteroatoms. The van der Waals surface area contributed by atoms with Crippen molar-refractivity contribution in [2.45, 2.75) is 37.8 Å². The summed E-state index contributed by atoms with van der Waals surface area (Å²) in [6.07, 6.45) is 3.73. The normalized spacial score (nSPS) is 15.0. The van der Waals surface area contributed by atoms with Crippen molar-refractivity contribution >= 4 is 46.4 Å². The van der Waals surface area contributed by atoms with Gasteiger partial charge in [0.25, 0.3) is 11.8 Å². The van der Waals surface area contributed by atoms with Crippen LogP contribution < -0.4 is 20.1 Å². The average molecular weight is 952 g/mol.